The number of aromatic nitrogens is 1. The van der Waals surface area contributed by atoms with Crippen LogP contribution in [0, 0.1) is 4.64 Å². The Kier molecular flexibility index (Phi) is 3.77. The van der Waals surface area contributed by atoms with Gasteiger partial charge >= 0.3 is 0 Å². The fourth-order valence-electron chi connectivity index (χ4n) is 0.981. The van der Waals surface area contributed by atoms with Crippen LogP contribution in [0.1, 0.15) is 25.6 Å². The highest BCUT2D eigenvalue weighted by atomic mass is 32.1. The summed E-state index contributed by atoms with van der Waals surface area (Å²) in [6, 6.07) is 5.28. The zero-order valence-electron chi connectivity index (χ0n) is 9.19. The van der Waals surface area contributed by atoms with Gasteiger partial charge in [0.15, 0.2) is 0 Å². The monoisotopic (exact) mass is 225 g/mol. The molecule has 1 aromatic rings. The highest BCUT2D eigenvalue weighted by molar-refractivity contribution is 7.71. The van der Waals surface area contributed by atoms with Crippen molar-refractivity contribution in [1.29, 1.82) is 0 Å². The molecule has 0 fully saturated rings. The Morgan fingerprint density at radius 2 is 2.13 bits per heavy atom. The van der Waals surface area contributed by atoms with E-state index in [0.717, 1.165) is 0 Å². The van der Waals surface area contributed by atoms with E-state index in [1.807, 2.05) is 20.8 Å². The van der Waals surface area contributed by atoms with Crippen molar-refractivity contribution >= 4 is 18.1 Å². The molecule has 0 aliphatic rings. The minimum atomic E-state index is -0.313. The van der Waals surface area contributed by atoms with Crippen molar-refractivity contribution in [2.75, 3.05) is 6.61 Å². The largest absolute Gasteiger partial charge is 0.366 e. The molecule has 0 N–H and O–H groups in total. The van der Waals surface area contributed by atoms with Crippen LogP contribution >= 0.6 is 12.2 Å². The average molecular weight is 225 g/mol. The third-order valence-corrected chi connectivity index (χ3v) is 2.05. The number of rotatable bonds is 2. The highest BCUT2D eigenvalue weighted by Gasteiger charge is 2.13. The smallest absolute Gasteiger partial charge is 0.257 e. The van der Waals surface area contributed by atoms with Gasteiger partial charge in [-0.2, -0.15) is 0 Å². The summed E-state index contributed by atoms with van der Waals surface area (Å²) in [5, 5.41) is 0. The number of pyridine rings is 1. The van der Waals surface area contributed by atoms with Crippen molar-refractivity contribution in [3.63, 3.8) is 0 Å². The van der Waals surface area contributed by atoms with Crippen LogP contribution in [-0.4, -0.2) is 22.7 Å². The molecule has 0 radical (unpaired) electrons. The summed E-state index contributed by atoms with van der Waals surface area (Å²) in [5.41, 5.74) is -0.313. The van der Waals surface area contributed by atoms with Gasteiger partial charge in [0.2, 0.25) is 0 Å². The van der Waals surface area contributed by atoms with Crippen molar-refractivity contribution < 1.29 is 9.53 Å². The van der Waals surface area contributed by atoms with E-state index in [-0.39, 0.29) is 18.1 Å². The zero-order valence-corrected chi connectivity index (χ0v) is 10.0. The molecule has 0 aliphatic heterocycles. The second-order valence-corrected chi connectivity index (χ2v) is 4.62. The maximum Gasteiger partial charge on any atom is 0.257 e. The van der Waals surface area contributed by atoms with Crippen LogP contribution in [0.3, 0.4) is 0 Å². The third kappa shape index (κ3) is 3.93. The van der Waals surface area contributed by atoms with Gasteiger partial charge in [0, 0.05) is 6.20 Å². The zero-order chi connectivity index (χ0) is 11.5. The van der Waals surface area contributed by atoms with Crippen molar-refractivity contribution in [2.24, 2.45) is 0 Å². The molecule has 0 amide bonds. The van der Waals surface area contributed by atoms with Crippen molar-refractivity contribution in [2.45, 2.75) is 26.4 Å². The van der Waals surface area contributed by atoms with Crippen molar-refractivity contribution in [3.05, 3.63) is 29.0 Å². The molecule has 4 heteroatoms. The fraction of sp³-hybridized carbons (Fsp3) is 0.455. The first-order valence-electron chi connectivity index (χ1n) is 4.75. The molecule has 1 rings (SSSR count). The van der Waals surface area contributed by atoms with Crippen LogP contribution < -0.4 is 0 Å². The van der Waals surface area contributed by atoms with Crippen LogP contribution in [-0.2, 0) is 4.74 Å². The molecule has 3 nitrogen and oxygen atoms in total. The van der Waals surface area contributed by atoms with Gasteiger partial charge in [0.25, 0.3) is 5.91 Å². The van der Waals surface area contributed by atoms with E-state index >= 15 is 0 Å². The number of hydrogen-bond acceptors (Lipinski definition) is 3. The Balaban J connectivity index is 2.71. The first kappa shape index (κ1) is 12.1. The third-order valence-electron chi connectivity index (χ3n) is 1.72. The lowest BCUT2D eigenvalue weighted by molar-refractivity contribution is -0.000829. The Hall–Kier alpha value is -1.00. The maximum absolute atomic E-state index is 11.7. The summed E-state index contributed by atoms with van der Waals surface area (Å²) in [6.07, 6.45) is 1.65. The van der Waals surface area contributed by atoms with Gasteiger partial charge in [-0.3, -0.25) is 9.36 Å². The van der Waals surface area contributed by atoms with Crippen molar-refractivity contribution in [3.8, 4) is 0 Å². The topological polar surface area (TPSA) is 31.2 Å². The lowest BCUT2D eigenvalue weighted by Gasteiger charge is -2.19. The molecule has 1 heterocycles. The molecular weight excluding hydrogens is 210 g/mol. The molecule has 82 valence electrons. The highest BCUT2D eigenvalue weighted by Crippen LogP contribution is 2.06. The van der Waals surface area contributed by atoms with E-state index in [0.29, 0.717) is 4.64 Å². The second-order valence-electron chi connectivity index (χ2n) is 4.20. The van der Waals surface area contributed by atoms with E-state index in [1.165, 1.54) is 4.57 Å². The molecule has 0 spiro atoms. The van der Waals surface area contributed by atoms with Crippen LogP contribution in [0.15, 0.2) is 24.4 Å². The predicted octanol–water partition coefficient (Wildman–Crippen LogP) is 2.67. The first-order valence-corrected chi connectivity index (χ1v) is 5.16. The van der Waals surface area contributed by atoms with Crippen LogP contribution in [0.25, 0.3) is 0 Å². The molecular formula is C11H15NO2S. The van der Waals surface area contributed by atoms with Gasteiger partial charge in [-0.1, -0.05) is 18.3 Å². The first-order chi connectivity index (χ1) is 6.90. The Labute approximate surface area is 94.7 Å². The van der Waals surface area contributed by atoms with Crippen molar-refractivity contribution in [1.82, 2.24) is 4.57 Å². The van der Waals surface area contributed by atoms with Crippen LogP contribution in [0.2, 0.25) is 0 Å². The van der Waals surface area contributed by atoms with Gasteiger partial charge in [-0.25, -0.2) is 0 Å². The predicted molar refractivity (Wildman–Crippen MR) is 61.6 cm³/mol. The van der Waals surface area contributed by atoms with Crippen LogP contribution in [0.4, 0.5) is 0 Å². The minimum absolute atomic E-state index is 0.0435. The van der Waals surface area contributed by atoms with Gasteiger partial charge in [0.1, 0.15) is 11.2 Å². The maximum atomic E-state index is 11.7. The molecule has 0 unspecified atom stereocenters. The fourth-order valence-corrected chi connectivity index (χ4v) is 1.22. The lowest BCUT2D eigenvalue weighted by Crippen LogP contribution is -2.26. The Morgan fingerprint density at radius 1 is 1.47 bits per heavy atom. The molecule has 0 saturated heterocycles. The van der Waals surface area contributed by atoms with E-state index in [4.69, 9.17) is 17.0 Å². The van der Waals surface area contributed by atoms with E-state index < -0.39 is 0 Å². The SMILES string of the molecule is CC(C)(C)OCC(=O)n1ccccc1=S. The Bertz CT molecular complexity index is 404. The number of carbonyl (C=O) groups is 1. The van der Waals surface area contributed by atoms with Gasteiger partial charge in [0.05, 0.1) is 5.60 Å². The summed E-state index contributed by atoms with van der Waals surface area (Å²) in [4.78, 5) is 11.7. The summed E-state index contributed by atoms with van der Waals surface area (Å²) in [7, 11) is 0. The van der Waals surface area contributed by atoms with Gasteiger partial charge in [-0.05, 0) is 32.9 Å². The molecule has 0 atom stereocenters. The molecule has 1 aromatic heterocycles. The molecule has 15 heavy (non-hydrogen) atoms. The van der Waals surface area contributed by atoms with Crippen LogP contribution in [0.5, 0.6) is 0 Å². The van der Waals surface area contributed by atoms with E-state index in [1.54, 1.807) is 24.4 Å². The standard InChI is InChI=1S/C11H15NO2S/c1-11(2,3)14-8-9(13)12-7-5-4-6-10(12)15/h4-7H,8H2,1-3H3. The summed E-state index contributed by atoms with van der Waals surface area (Å²) >= 11 is 5.02. The Morgan fingerprint density at radius 3 is 2.67 bits per heavy atom. The minimum Gasteiger partial charge on any atom is -0.366 e. The number of ether oxygens (including phenoxy) is 1. The average Bonchev–Trinajstić information content (AvgIpc) is 2.14. The lowest BCUT2D eigenvalue weighted by atomic mass is 10.2. The van der Waals surface area contributed by atoms with Gasteiger partial charge < -0.3 is 4.74 Å². The second kappa shape index (κ2) is 4.68. The number of nitrogens with zero attached hydrogens (tertiary/aromatic N) is 1. The normalized spacial score (nSPS) is 11.4. The molecule has 0 aliphatic carbocycles. The summed E-state index contributed by atoms with van der Waals surface area (Å²) < 4.78 is 7.30. The quantitative estimate of drug-likeness (QED) is 0.725. The van der Waals surface area contributed by atoms with Gasteiger partial charge in [-0.15, -0.1) is 0 Å². The summed E-state index contributed by atoms with van der Waals surface area (Å²) in [5.74, 6) is -0.143. The van der Waals surface area contributed by atoms with E-state index in [9.17, 15) is 4.79 Å². The molecule has 0 saturated carbocycles. The number of carbonyl (C=O) groups excluding carboxylic acids is 1. The number of hydrogen-bond donors (Lipinski definition) is 0. The molecule has 0 aromatic carbocycles. The molecule has 0 bridgehead atoms. The van der Waals surface area contributed by atoms with E-state index in [2.05, 4.69) is 0 Å². The summed E-state index contributed by atoms with van der Waals surface area (Å²) in [6.45, 7) is 5.77.